The van der Waals surface area contributed by atoms with Crippen LogP contribution >= 0.6 is 0 Å². The third-order valence-electron chi connectivity index (χ3n) is 1.49. The topological polar surface area (TPSA) is 86.3 Å². The Morgan fingerprint density at radius 2 is 1.42 bits per heavy atom. The Morgan fingerprint density at radius 1 is 1.00 bits per heavy atom. The summed E-state index contributed by atoms with van der Waals surface area (Å²) in [5, 5.41) is 20.7. The predicted molar refractivity (Wildman–Crippen MR) is 39.3 cm³/mol. The summed E-state index contributed by atoms with van der Waals surface area (Å²) in [6.07, 6.45) is 5.93. The highest BCUT2D eigenvalue weighted by molar-refractivity contribution is 5.23. The molecule has 1 aliphatic rings. The van der Waals surface area contributed by atoms with Crippen molar-refractivity contribution in [2.75, 3.05) is 0 Å². The van der Waals surface area contributed by atoms with Crippen molar-refractivity contribution in [1.82, 2.24) is 0 Å². The van der Waals surface area contributed by atoms with E-state index >= 15 is 0 Å². The van der Waals surface area contributed by atoms with Crippen LogP contribution in [-0.2, 0) is 0 Å². The summed E-state index contributed by atoms with van der Waals surface area (Å²) in [5.74, 6) is 0. The van der Waals surface area contributed by atoms with Gasteiger partial charge in [0.25, 0.3) is 0 Å². The van der Waals surface area contributed by atoms with Crippen LogP contribution in [0.4, 0.5) is 0 Å². The molecule has 0 N–H and O–H groups in total. The summed E-state index contributed by atoms with van der Waals surface area (Å²) >= 11 is 0. The molecule has 0 aromatic carbocycles. The van der Waals surface area contributed by atoms with Crippen molar-refractivity contribution in [2.24, 2.45) is 0 Å². The summed E-state index contributed by atoms with van der Waals surface area (Å²) in [4.78, 5) is 18.9. The van der Waals surface area contributed by atoms with Gasteiger partial charge in [-0.2, -0.15) is 0 Å². The van der Waals surface area contributed by atoms with Gasteiger partial charge in [0.15, 0.2) is 0 Å². The van der Waals surface area contributed by atoms with E-state index < -0.39 is 15.5 Å². The molecule has 0 aliphatic heterocycles. The van der Waals surface area contributed by atoms with Crippen LogP contribution in [0.15, 0.2) is 24.3 Å². The van der Waals surface area contributed by atoms with Crippen LogP contribution in [0.2, 0.25) is 0 Å². The van der Waals surface area contributed by atoms with Gasteiger partial charge in [-0.05, 0) is 0 Å². The van der Waals surface area contributed by atoms with E-state index in [4.69, 9.17) is 0 Å². The molecule has 0 saturated carbocycles. The molecule has 0 aromatic heterocycles. The number of allylic oxidation sites excluding steroid dienone is 2. The maximum atomic E-state index is 10.4. The van der Waals surface area contributed by atoms with E-state index in [2.05, 4.69) is 0 Å². The molecule has 0 unspecified atom stereocenters. The number of rotatable bonds is 2. The molecule has 0 heterocycles. The van der Waals surface area contributed by atoms with Gasteiger partial charge in [-0.15, -0.1) is 0 Å². The molecule has 0 atom stereocenters. The molecule has 0 spiro atoms. The zero-order valence-corrected chi connectivity index (χ0v) is 5.91. The molecule has 0 amide bonds. The molecule has 0 saturated heterocycles. The number of nitrogens with zero attached hydrogens (tertiary/aromatic N) is 2. The fourth-order valence-electron chi connectivity index (χ4n) is 0.824. The molecular formula is C6H5N2O4. The van der Waals surface area contributed by atoms with Crippen LogP contribution in [0.1, 0.15) is 0 Å². The molecule has 1 aliphatic carbocycles. The van der Waals surface area contributed by atoms with E-state index in [1.165, 1.54) is 18.6 Å². The molecule has 6 heteroatoms. The Morgan fingerprint density at radius 3 is 1.67 bits per heavy atom. The lowest BCUT2D eigenvalue weighted by molar-refractivity contribution is -0.765. The predicted octanol–water partition coefficient (Wildman–Crippen LogP) is 0.566. The minimum atomic E-state index is -2.27. The van der Waals surface area contributed by atoms with Crippen molar-refractivity contribution in [3.63, 3.8) is 0 Å². The summed E-state index contributed by atoms with van der Waals surface area (Å²) in [7, 11) is 0. The van der Waals surface area contributed by atoms with Crippen LogP contribution in [-0.4, -0.2) is 15.5 Å². The molecule has 0 aromatic rings. The average Bonchev–Trinajstić information content (AvgIpc) is 2.05. The molecule has 12 heavy (non-hydrogen) atoms. The molecule has 1 rings (SSSR count). The second-order valence-electron chi connectivity index (χ2n) is 2.21. The van der Waals surface area contributed by atoms with Gasteiger partial charge in [0.1, 0.15) is 9.85 Å². The van der Waals surface area contributed by atoms with Gasteiger partial charge >= 0.3 is 5.66 Å². The van der Waals surface area contributed by atoms with Crippen molar-refractivity contribution < 1.29 is 9.85 Å². The van der Waals surface area contributed by atoms with Crippen LogP contribution in [0, 0.1) is 26.6 Å². The Hall–Kier alpha value is -1.72. The van der Waals surface area contributed by atoms with Gasteiger partial charge < -0.3 is 0 Å². The zero-order chi connectivity index (χ0) is 9.19. The minimum Gasteiger partial charge on any atom is -0.258 e. The maximum Gasteiger partial charge on any atom is 0.497 e. The third kappa shape index (κ3) is 1.07. The lowest BCUT2D eigenvalue weighted by atomic mass is 10.1. The molecule has 63 valence electrons. The van der Waals surface area contributed by atoms with Gasteiger partial charge in [0, 0.05) is 6.42 Å². The van der Waals surface area contributed by atoms with Gasteiger partial charge in [-0.1, -0.05) is 12.2 Å². The highest BCUT2D eigenvalue weighted by Gasteiger charge is 2.51. The first-order valence-corrected chi connectivity index (χ1v) is 3.09. The molecule has 0 bridgehead atoms. The molecular weight excluding hydrogens is 164 g/mol. The van der Waals surface area contributed by atoms with E-state index in [9.17, 15) is 20.2 Å². The van der Waals surface area contributed by atoms with Gasteiger partial charge in [-0.25, -0.2) is 0 Å². The fourth-order valence-corrected chi connectivity index (χ4v) is 0.824. The maximum absolute atomic E-state index is 10.4. The zero-order valence-electron chi connectivity index (χ0n) is 5.91. The number of nitro groups is 2. The van der Waals surface area contributed by atoms with Gasteiger partial charge in [0.05, 0.1) is 12.2 Å². The van der Waals surface area contributed by atoms with Crippen molar-refractivity contribution in [3.8, 4) is 0 Å². The van der Waals surface area contributed by atoms with Crippen LogP contribution in [0.5, 0.6) is 0 Å². The quantitative estimate of drug-likeness (QED) is 0.343. The van der Waals surface area contributed by atoms with Gasteiger partial charge in [-0.3, -0.25) is 20.2 Å². The Balaban J connectivity index is 3.10. The van der Waals surface area contributed by atoms with Crippen molar-refractivity contribution in [2.45, 2.75) is 5.66 Å². The minimum absolute atomic E-state index is 0.938. The van der Waals surface area contributed by atoms with Crippen LogP contribution < -0.4 is 0 Å². The largest absolute Gasteiger partial charge is 0.497 e. The van der Waals surface area contributed by atoms with E-state index in [0.29, 0.717) is 0 Å². The molecule has 0 fully saturated rings. The Labute approximate surface area is 67.5 Å². The van der Waals surface area contributed by atoms with E-state index in [1.54, 1.807) is 0 Å². The second kappa shape index (κ2) is 2.72. The molecule has 1 radical (unpaired) electrons. The summed E-state index contributed by atoms with van der Waals surface area (Å²) < 4.78 is 0. The smallest absolute Gasteiger partial charge is 0.258 e. The molecule has 6 nitrogen and oxygen atoms in total. The Kier molecular flexibility index (Phi) is 1.90. The number of hydrogen-bond donors (Lipinski definition) is 0. The first-order valence-electron chi connectivity index (χ1n) is 3.09. The first-order chi connectivity index (χ1) is 5.59. The average molecular weight is 169 g/mol. The highest BCUT2D eigenvalue weighted by Crippen LogP contribution is 2.19. The standard InChI is InChI=1S/C6H5N2O4/c9-7(10)6(8(11)12)4-2-1-3-5-6/h1-5H. The summed E-state index contributed by atoms with van der Waals surface area (Å²) in [6.45, 7) is 0. The third-order valence-corrected chi connectivity index (χ3v) is 1.49. The number of hydrogen-bond acceptors (Lipinski definition) is 4. The fraction of sp³-hybridized carbons (Fsp3) is 0.167. The van der Waals surface area contributed by atoms with Gasteiger partial charge in [0.2, 0.25) is 0 Å². The second-order valence-corrected chi connectivity index (χ2v) is 2.21. The van der Waals surface area contributed by atoms with E-state index in [0.717, 1.165) is 12.2 Å². The monoisotopic (exact) mass is 169 g/mol. The SMILES string of the molecule is O=[N+]([O-])C1([N+](=O)[O-])C=C[CH]C=C1. The Bertz CT molecular complexity index is 253. The van der Waals surface area contributed by atoms with Crippen molar-refractivity contribution in [1.29, 1.82) is 0 Å². The van der Waals surface area contributed by atoms with Crippen molar-refractivity contribution >= 4 is 0 Å². The lowest BCUT2D eigenvalue weighted by Gasteiger charge is -2.10. The summed E-state index contributed by atoms with van der Waals surface area (Å²) in [5.41, 5.74) is -2.27. The summed E-state index contributed by atoms with van der Waals surface area (Å²) in [6, 6.07) is 0. The normalized spacial score (nSPS) is 19.0. The van der Waals surface area contributed by atoms with E-state index in [1.807, 2.05) is 0 Å². The van der Waals surface area contributed by atoms with Crippen LogP contribution in [0.25, 0.3) is 0 Å². The highest BCUT2D eigenvalue weighted by atomic mass is 16.7. The van der Waals surface area contributed by atoms with Crippen LogP contribution in [0.3, 0.4) is 0 Å². The lowest BCUT2D eigenvalue weighted by Crippen LogP contribution is -2.43. The first kappa shape index (κ1) is 8.38. The van der Waals surface area contributed by atoms with E-state index in [-0.39, 0.29) is 0 Å². The van der Waals surface area contributed by atoms with Crippen molar-refractivity contribution in [3.05, 3.63) is 51.0 Å².